The van der Waals surface area contributed by atoms with E-state index in [0.717, 1.165) is 33.5 Å². The van der Waals surface area contributed by atoms with E-state index in [-0.39, 0.29) is 11.0 Å². The van der Waals surface area contributed by atoms with Crippen molar-refractivity contribution in [2.45, 2.75) is 33.1 Å². The van der Waals surface area contributed by atoms with Gasteiger partial charge in [-0.25, -0.2) is 0 Å². The number of hydrogen-bond acceptors (Lipinski definition) is 3. The van der Waals surface area contributed by atoms with Gasteiger partial charge in [-0.3, -0.25) is 9.78 Å². The van der Waals surface area contributed by atoms with Crippen molar-refractivity contribution in [3.05, 3.63) is 58.1 Å². The predicted molar refractivity (Wildman–Crippen MR) is 97.8 cm³/mol. The molecule has 2 aromatic heterocycles. The molecule has 0 radical (unpaired) electrons. The maximum absolute atomic E-state index is 12.5. The molecule has 4 nitrogen and oxygen atoms in total. The highest BCUT2D eigenvalue weighted by Crippen LogP contribution is 2.40. The van der Waals surface area contributed by atoms with Crippen molar-refractivity contribution in [2.24, 2.45) is 0 Å². The Labute approximate surface area is 141 Å². The van der Waals surface area contributed by atoms with Crippen LogP contribution in [0.4, 0.5) is 0 Å². The molecular weight excluding hydrogens is 300 g/mol. The maximum atomic E-state index is 12.5. The summed E-state index contributed by atoms with van der Waals surface area (Å²) in [6.45, 7) is 8.26. The number of nitrogens with one attached hydrogen (secondary N) is 1. The number of aromatic nitrogens is 2. The lowest BCUT2D eigenvalue weighted by atomic mass is 9.83. The molecule has 0 spiro atoms. The third-order valence-corrected chi connectivity index (χ3v) is 4.20. The van der Waals surface area contributed by atoms with Gasteiger partial charge in [0.2, 0.25) is 0 Å². The Morgan fingerprint density at radius 3 is 2.50 bits per heavy atom. The van der Waals surface area contributed by atoms with Gasteiger partial charge in [0.05, 0.1) is 7.11 Å². The van der Waals surface area contributed by atoms with E-state index >= 15 is 0 Å². The van der Waals surface area contributed by atoms with Crippen LogP contribution < -0.4 is 10.3 Å². The second kappa shape index (κ2) is 5.78. The van der Waals surface area contributed by atoms with E-state index in [9.17, 15) is 4.79 Å². The van der Waals surface area contributed by atoms with E-state index in [2.05, 4.69) is 36.8 Å². The van der Waals surface area contributed by atoms with E-state index < -0.39 is 0 Å². The summed E-state index contributed by atoms with van der Waals surface area (Å²) >= 11 is 0. The van der Waals surface area contributed by atoms with Crippen molar-refractivity contribution in [3.63, 3.8) is 0 Å². The lowest BCUT2D eigenvalue weighted by molar-refractivity contribution is 0.402. The molecule has 4 heteroatoms. The first-order valence-electron chi connectivity index (χ1n) is 7.99. The second-order valence-corrected chi connectivity index (χ2v) is 7.04. The lowest BCUT2D eigenvalue weighted by Crippen LogP contribution is -2.15. The summed E-state index contributed by atoms with van der Waals surface area (Å²) in [5.41, 5.74) is 3.95. The Kier molecular flexibility index (Phi) is 3.91. The molecule has 0 aliphatic rings. The van der Waals surface area contributed by atoms with Crippen LogP contribution in [0.1, 0.15) is 32.0 Å². The Morgan fingerprint density at radius 2 is 1.88 bits per heavy atom. The average molecular weight is 322 g/mol. The molecule has 3 aromatic rings. The smallest absolute Gasteiger partial charge is 0.256 e. The van der Waals surface area contributed by atoms with E-state index in [1.165, 1.54) is 0 Å². The molecule has 0 aliphatic carbocycles. The average Bonchev–Trinajstić information content (AvgIpc) is 2.53. The topological polar surface area (TPSA) is 55.0 Å². The largest absolute Gasteiger partial charge is 0.494 e. The SMILES string of the molecule is COc1c(C(C)(C)C)cc(-c2ccc(C)[nH]c2=O)c2cccnc12. The molecule has 1 aromatic carbocycles. The number of pyridine rings is 2. The zero-order valence-electron chi connectivity index (χ0n) is 14.7. The number of benzene rings is 1. The summed E-state index contributed by atoms with van der Waals surface area (Å²) in [6, 6.07) is 9.70. The molecule has 0 fully saturated rings. The van der Waals surface area contributed by atoms with Crippen LogP contribution in [0.2, 0.25) is 0 Å². The molecule has 0 saturated heterocycles. The first-order chi connectivity index (χ1) is 11.3. The third-order valence-electron chi connectivity index (χ3n) is 4.20. The number of aryl methyl sites for hydroxylation is 1. The van der Waals surface area contributed by atoms with Crippen molar-refractivity contribution in [1.29, 1.82) is 0 Å². The van der Waals surface area contributed by atoms with Crippen molar-refractivity contribution in [3.8, 4) is 16.9 Å². The van der Waals surface area contributed by atoms with Gasteiger partial charge in [-0.15, -0.1) is 0 Å². The molecule has 0 saturated carbocycles. The van der Waals surface area contributed by atoms with Crippen LogP contribution >= 0.6 is 0 Å². The number of fused-ring (bicyclic) bond motifs is 1. The Balaban J connectivity index is 2.46. The number of hydrogen-bond donors (Lipinski definition) is 1. The zero-order chi connectivity index (χ0) is 17.5. The van der Waals surface area contributed by atoms with E-state index in [0.29, 0.717) is 5.56 Å². The molecule has 0 atom stereocenters. The van der Waals surface area contributed by atoms with Gasteiger partial charge in [-0.2, -0.15) is 0 Å². The number of aromatic amines is 1. The summed E-state index contributed by atoms with van der Waals surface area (Å²) in [4.78, 5) is 19.9. The summed E-state index contributed by atoms with van der Waals surface area (Å²) in [5.74, 6) is 0.769. The highest BCUT2D eigenvalue weighted by molar-refractivity contribution is 5.99. The van der Waals surface area contributed by atoms with Crippen molar-refractivity contribution >= 4 is 10.9 Å². The van der Waals surface area contributed by atoms with Crippen LogP contribution in [0.15, 0.2) is 41.3 Å². The van der Waals surface area contributed by atoms with Gasteiger partial charge in [0.1, 0.15) is 11.3 Å². The fraction of sp³-hybridized carbons (Fsp3) is 0.300. The van der Waals surface area contributed by atoms with Crippen LogP contribution in [0.3, 0.4) is 0 Å². The minimum absolute atomic E-state index is 0.0924. The third kappa shape index (κ3) is 2.68. The Bertz CT molecular complexity index is 966. The maximum Gasteiger partial charge on any atom is 0.256 e. The van der Waals surface area contributed by atoms with Gasteiger partial charge in [-0.1, -0.05) is 26.8 Å². The first kappa shape index (κ1) is 16.2. The lowest BCUT2D eigenvalue weighted by Gasteiger charge is -2.24. The quantitative estimate of drug-likeness (QED) is 0.769. The summed E-state index contributed by atoms with van der Waals surface area (Å²) in [5, 5.41) is 0.914. The Hall–Kier alpha value is -2.62. The minimum atomic E-state index is -0.136. The second-order valence-electron chi connectivity index (χ2n) is 7.04. The number of methoxy groups -OCH3 is 1. The highest BCUT2D eigenvalue weighted by Gasteiger charge is 2.24. The molecule has 2 heterocycles. The molecular formula is C20H22N2O2. The minimum Gasteiger partial charge on any atom is -0.494 e. The zero-order valence-corrected chi connectivity index (χ0v) is 14.7. The van der Waals surface area contributed by atoms with Gasteiger partial charge in [0, 0.05) is 28.4 Å². The van der Waals surface area contributed by atoms with Gasteiger partial charge in [0.25, 0.3) is 5.56 Å². The van der Waals surface area contributed by atoms with Gasteiger partial charge in [-0.05, 0) is 42.2 Å². The molecule has 0 aliphatic heterocycles. The fourth-order valence-corrected chi connectivity index (χ4v) is 2.99. The van der Waals surface area contributed by atoms with E-state index in [1.807, 2.05) is 31.2 Å². The summed E-state index contributed by atoms with van der Waals surface area (Å²) in [7, 11) is 1.66. The normalized spacial score (nSPS) is 11.7. The molecule has 124 valence electrons. The van der Waals surface area contributed by atoms with Crippen molar-refractivity contribution in [2.75, 3.05) is 7.11 Å². The predicted octanol–water partition coefficient (Wildman–Crippen LogP) is 4.20. The van der Waals surface area contributed by atoms with Crippen LogP contribution in [0.25, 0.3) is 22.0 Å². The van der Waals surface area contributed by atoms with Gasteiger partial charge in [0.15, 0.2) is 0 Å². The van der Waals surface area contributed by atoms with Crippen LogP contribution in [0, 0.1) is 6.92 Å². The molecule has 1 N–H and O–H groups in total. The van der Waals surface area contributed by atoms with Crippen LogP contribution in [-0.4, -0.2) is 17.1 Å². The number of nitrogens with zero attached hydrogens (tertiary/aromatic N) is 1. The van der Waals surface area contributed by atoms with Crippen molar-refractivity contribution in [1.82, 2.24) is 9.97 Å². The van der Waals surface area contributed by atoms with E-state index in [1.54, 1.807) is 13.3 Å². The highest BCUT2D eigenvalue weighted by atomic mass is 16.5. The molecule has 0 unspecified atom stereocenters. The number of rotatable bonds is 2. The summed E-state index contributed by atoms with van der Waals surface area (Å²) < 4.78 is 5.68. The number of ether oxygens (including phenoxy) is 1. The van der Waals surface area contributed by atoms with E-state index in [4.69, 9.17) is 4.74 Å². The van der Waals surface area contributed by atoms with Crippen LogP contribution in [0.5, 0.6) is 5.75 Å². The van der Waals surface area contributed by atoms with Gasteiger partial charge >= 0.3 is 0 Å². The molecule has 24 heavy (non-hydrogen) atoms. The first-order valence-corrected chi connectivity index (χ1v) is 7.99. The fourth-order valence-electron chi connectivity index (χ4n) is 2.99. The van der Waals surface area contributed by atoms with Gasteiger partial charge < -0.3 is 9.72 Å². The van der Waals surface area contributed by atoms with Crippen molar-refractivity contribution < 1.29 is 4.74 Å². The molecule has 3 rings (SSSR count). The molecule has 0 bridgehead atoms. The monoisotopic (exact) mass is 322 g/mol. The van der Waals surface area contributed by atoms with Crippen LogP contribution in [-0.2, 0) is 5.41 Å². The molecule has 0 amide bonds. The number of H-pyrrole nitrogens is 1. The Morgan fingerprint density at radius 1 is 1.12 bits per heavy atom. The summed E-state index contributed by atoms with van der Waals surface area (Å²) in [6.07, 6.45) is 1.75. The standard InChI is InChI=1S/C20H22N2O2/c1-12-8-9-14(19(23)22-12)15-11-16(20(2,3)4)18(24-5)17-13(15)7-6-10-21-17/h6-11H,1-5H3,(H,22,23).